The van der Waals surface area contributed by atoms with E-state index in [0.29, 0.717) is 5.75 Å². The van der Waals surface area contributed by atoms with Crippen LogP contribution in [0.2, 0.25) is 5.02 Å². The number of rotatable bonds is 6. The topological polar surface area (TPSA) is 114 Å². The van der Waals surface area contributed by atoms with E-state index in [4.69, 9.17) is 16.3 Å². The molecule has 8 nitrogen and oxygen atoms in total. The van der Waals surface area contributed by atoms with Crippen molar-refractivity contribution >= 4 is 29.4 Å². The van der Waals surface area contributed by atoms with Crippen LogP contribution in [0.25, 0.3) is 0 Å². The summed E-state index contributed by atoms with van der Waals surface area (Å²) in [4.78, 5) is 21.9. The molecule has 0 fully saturated rings. The van der Waals surface area contributed by atoms with Crippen molar-refractivity contribution in [2.24, 2.45) is 5.10 Å². The summed E-state index contributed by atoms with van der Waals surface area (Å²) in [6.07, 6.45) is 1.06. The molecule has 0 heterocycles. The van der Waals surface area contributed by atoms with Crippen LogP contribution >= 0.6 is 11.6 Å². The average Bonchev–Trinajstić information content (AvgIpc) is 2.57. The van der Waals surface area contributed by atoms with Gasteiger partial charge >= 0.3 is 5.69 Å². The lowest BCUT2D eigenvalue weighted by molar-refractivity contribution is -0.385. The molecule has 0 bridgehead atoms. The summed E-state index contributed by atoms with van der Waals surface area (Å²) in [6, 6.07) is 7.93. The van der Waals surface area contributed by atoms with E-state index in [1.54, 1.807) is 0 Å². The van der Waals surface area contributed by atoms with Crippen molar-refractivity contribution in [1.29, 1.82) is 0 Å². The number of halogens is 1. The van der Waals surface area contributed by atoms with E-state index in [0.717, 1.165) is 23.4 Å². The van der Waals surface area contributed by atoms with E-state index in [9.17, 15) is 20.0 Å². The molecule has 2 aromatic rings. The normalized spacial score (nSPS) is 10.7. The molecule has 136 valence electrons. The summed E-state index contributed by atoms with van der Waals surface area (Å²) in [5.74, 6) is -0.501. The zero-order valence-electron chi connectivity index (χ0n) is 14.0. The summed E-state index contributed by atoms with van der Waals surface area (Å²) in [7, 11) is 0. The van der Waals surface area contributed by atoms with Crippen molar-refractivity contribution in [1.82, 2.24) is 5.43 Å². The molecule has 26 heavy (non-hydrogen) atoms. The first kappa shape index (κ1) is 19.2. The van der Waals surface area contributed by atoms with Crippen molar-refractivity contribution in [2.75, 3.05) is 6.61 Å². The molecule has 0 aliphatic rings. The highest BCUT2D eigenvalue weighted by atomic mass is 35.5. The standard InChI is InChI=1S/C17H16ClN3O5/c1-10-4-3-5-11(2)17(10)26-9-15(22)20-19-8-12-6-13(18)7-14(16(12)23)21(24)25/h3-8,23H,9H2,1-2H3,(H,20,22). The minimum atomic E-state index is -0.768. The van der Waals surface area contributed by atoms with Gasteiger partial charge in [-0.05, 0) is 31.0 Å². The molecular weight excluding hydrogens is 362 g/mol. The maximum absolute atomic E-state index is 11.8. The molecule has 0 aliphatic carbocycles. The van der Waals surface area contributed by atoms with Crippen molar-refractivity contribution in [3.8, 4) is 11.5 Å². The van der Waals surface area contributed by atoms with Crippen LogP contribution in [0.15, 0.2) is 35.4 Å². The Labute approximate surface area is 154 Å². The predicted octanol–water partition coefficient (Wildman–Crippen LogP) is 3.10. The van der Waals surface area contributed by atoms with Crippen LogP contribution in [0, 0.1) is 24.0 Å². The number of hydrazone groups is 1. The molecule has 9 heteroatoms. The Morgan fingerprint density at radius 1 is 1.38 bits per heavy atom. The summed E-state index contributed by atoms with van der Waals surface area (Å²) < 4.78 is 5.48. The van der Waals surface area contributed by atoms with Gasteiger partial charge in [0.05, 0.1) is 11.1 Å². The first-order valence-corrected chi connectivity index (χ1v) is 7.85. The van der Waals surface area contributed by atoms with Gasteiger partial charge in [-0.1, -0.05) is 29.8 Å². The number of nitrogens with one attached hydrogen (secondary N) is 1. The molecule has 0 atom stereocenters. The lowest BCUT2D eigenvalue weighted by Crippen LogP contribution is -2.25. The summed E-state index contributed by atoms with van der Waals surface area (Å²) in [5.41, 5.74) is 3.47. The van der Waals surface area contributed by atoms with Crippen molar-refractivity contribution < 1.29 is 19.6 Å². The van der Waals surface area contributed by atoms with Crippen LogP contribution < -0.4 is 10.2 Å². The molecule has 0 unspecified atom stereocenters. The van der Waals surface area contributed by atoms with Crippen LogP contribution in [0.1, 0.15) is 16.7 Å². The van der Waals surface area contributed by atoms with Crippen LogP contribution in [0.5, 0.6) is 11.5 Å². The van der Waals surface area contributed by atoms with E-state index in [1.165, 1.54) is 6.07 Å². The SMILES string of the molecule is Cc1cccc(C)c1OCC(=O)NN=Cc1cc(Cl)cc([N+](=O)[O-])c1O. The number of nitrogens with zero attached hydrogens (tertiary/aromatic N) is 2. The van der Waals surface area contributed by atoms with Gasteiger partial charge in [-0.3, -0.25) is 14.9 Å². The number of ether oxygens (including phenoxy) is 1. The van der Waals surface area contributed by atoms with Gasteiger partial charge in [0, 0.05) is 16.7 Å². The van der Waals surface area contributed by atoms with Gasteiger partial charge in [-0.2, -0.15) is 5.10 Å². The second-order valence-corrected chi connectivity index (χ2v) is 5.86. The van der Waals surface area contributed by atoms with Gasteiger partial charge in [-0.15, -0.1) is 0 Å². The third-order valence-electron chi connectivity index (χ3n) is 3.43. The number of carbonyl (C=O) groups is 1. The number of aryl methyl sites for hydroxylation is 2. The maximum atomic E-state index is 11.8. The lowest BCUT2D eigenvalue weighted by Gasteiger charge is -2.10. The van der Waals surface area contributed by atoms with Gasteiger partial charge in [0.15, 0.2) is 6.61 Å². The molecule has 0 aliphatic heterocycles. The van der Waals surface area contributed by atoms with Gasteiger partial charge in [-0.25, -0.2) is 5.43 Å². The predicted molar refractivity (Wildman–Crippen MR) is 96.9 cm³/mol. The molecule has 2 N–H and O–H groups in total. The first-order chi connectivity index (χ1) is 12.3. The smallest absolute Gasteiger partial charge is 0.312 e. The van der Waals surface area contributed by atoms with E-state index in [-0.39, 0.29) is 17.2 Å². The summed E-state index contributed by atoms with van der Waals surface area (Å²) in [5, 5.41) is 24.4. The van der Waals surface area contributed by atoms with Crippen molar-refractivity contribution in [2.45, 2.75) is 13.8 Å². The number of aromatic hydroxyl groups is 1. The first-order valence-electron chi connectivity index (χ1n) is 7.47. The average molecular weight is 378 g/mol. The Bertz CT molecular complexity index is 863. The number of para-hydroxylation sites is 1. The zero-order valence-corrected chi connectivity index (χ0v) is 14.8. The fourth-order valence-electron chi connectivity index (χ4n) is 2.21. The number of nitro groups is 1. The van der Waals surface area contributed by atoms with Gasteiger partial charge in [0.1, 0.15) is 5.75 Å². The number of phenols is 1. The van der Waals surface area contributed by atoms with E-state index in [2.05, 4.69) is 10.5 Å². The Balaban J connectivity index is 2.00. The highest BCUT2D eigenvalue weighted by Crippen LogP contribution is 2.32. The third kappa shape index (κ3) is 4.70. The number of benzene rings is 2. The van der Waals surface area contributed by atoms with Crippen LogP contribution in [-0.2, 0) is 4.79 Å². The minimum Gasteiger partial charge on any atom is -0.502 e. The fraction of sp³-hybridized carbons (Fsp3) is 0.176. The summed E-state index contributed by atoms with van der Waals surface area (Å²) >= 11 is 5.77. The highest BCUT2D eigenvalue weighted by Gasteiger charge is 2.17. The van der Waals surface area contributed by atoms with Gasteiger partial charge in [0.2, 0.25) is 5.75 Å². The van der Waals surface area contributed by atoms with Crippen LogP contribution in [0.3, 0.4) is 0 Å². The molecule has 2 rings (SSSR count). The molecule has 0 saturated heterocycles. The number of hydrogen-bond donors (Lipinski definition) is 2. The number of nitro benzene ring substituents is 1. The van der Waals surface area contributed by atoms with Crippen LogP contribution in [0.4, 0.5) is 5.69 Å². The number of carbonyl (C=O) groups excluding carboxylic acids is 1. The molecule has 0 aromatic heterocycles. The molecule has 2 aromatic carbocycles. The van der Waals surface area contributed by atoms with Crippen molar-refractivity contribution in [3.05, 3.63) is 62.2 Å². The Kier molecular flexibility index (Phi) is 6.13. The molecular formula is C17H16ClN3O5. The van der Waals surface area contributed by atoms with Crippen LogP contribution in [-0.4, -0.2) is 28.8 Å². The van der Waals surface area contributed by atoms with Gasteiger partial charge < -0.3 is 9.84 Å². The monoisotopic (exact) mass is 377 g/mol. The maximum Gasteiger partial charge on any atom is 0.312 e. The Hall–Kier alpha value is -3.13. The van der Waals surface area contributed by atoms with E-state index < -0.39 is 22.3 Å². The zero-order chi connectivity index (χ0) is 19.3. The van der Waals surface area contributed by atoms with Crippen molar-refractivity contribution in [3.63, 3.8) is 0 Å². The third-order valence-corrected chi connectivity index (χ3v) is 3.65. The molecule has 0 spiro atoms. The molecule has 0 radical (unpaired) electrons. The largest absolute Gasteiger partial charge is 0.502 e. The number of hydrogen-bond acceptors (Lipinski definition) is 6. The second-order valence-electron chi connectivity index (χ2n) is 5.42. The van der Waals surface area contributed by atoms with E-state index in [1.807, 2.05) is 32.0 Å². The van der Waals surface area contributed by atoms with E-state index >= 15 is 0 Å². The Morgan fingerprint density at radius 3 is 2.65 bits per heavy atom. The quantitative estimate of drug-likeness (QED) is 0.456. The highest BCUT2D eigenvalue weighted by molar-refractivity contribution is 6.31. The summed E-state index contributed by atoms with van der Waals surface area (Å²) in [6.45, 7) is 3.48. The number of phenolic OH excluding ortho intramolecular Hbond substituents is 1. The molecule has 1 amide bonds. The lowest BCUT2D eigenvalue weighted by atomic mass is 10.1. The molecule has 0 saturated carbocycles. The fourth-order valence-corrected chi connectivity index (χ4v) is 2.43. The van der Waals surface area contributed by atoms with Gasteiger partial charge in [0.25, 0.3) is 5.91 Å². The number of amides is 1. The minimum absolute atomic E-state index is 0.000154. The Morgan fingerprint density at radius 2 is 2.04 bits per heavy atom. The second kappa shape index (κ2) is 8.30.